The van der Waals surface area contributed by atoms with Crippen LogP contribution in [0, 0.1) is 0 Å². The first-order chi connectivity index (χ1) is 9.95. The van der Waals surface area contributed by atoms with Crippen LogP contribution >= 0.6 is 23.2 Å². The van der Waals surface area contributed by atoms with Gasteiger partial charge in [0.1, 0.15) is 24.0 Å². The molecule has 5 nitrogen and oxygen atoms in total. The first-order valence-corrected chi connectivity index (χ1v) is 7.34. The standard InChI is InChI=1S/C14H18Cl2N4O/c1-10(21-11-4-5-12(15)13(16)6-11)7-19(2)8-14-17-9-18-20(14)3/h4-6,9-10H,7-8H2,1-3H3/t10-/m0/s1. The summed E-state index contributed by atoms with van der Waals surface area (Å²) in [5, 5.41) is 5.07. The molecule has 2 aromatic rings. The van der Waals surface area contributed by atoms with Crippen molar-refractivity contribution in [1.82, 2.24) is 19.7 Å². The zero-order valence-corrected chi connectivity index (χ0v) is 13.8. The summed E-state index contributed by atoms with van der Waals surface area (Å²) in [5.74, 6) is 1.63. The summed E-state index contributed by atoms with van der Waals surface area (Å²) in [6.45, 7) is 3.48. The highest BCUT2D eigenvalue weighted by Gasteiger charge is 2.11. The summed E-state index contributed by atoms with van der Waals surface area (Å²) in [6, 6.07) is 5.27. The summed E-state index contributed by atoms with van der Waals surface area (Å²) < 4.78 is 7.61. The molecule has 0 spiro atoms. The molecule has 0 saturated heterocycles. The largest absolute Gasteiger partial charge is 0.489 e. The summed E-state index contributed by atoms with van der Waals surface area (Å²) in [5.41, 5.74) is 0. The predicted molar refractivity (Wildman–Crippen MR) is 83.9 cm³/mol. The van der Waals surface area contributed by atoms with Gasteiger partial charge in [0.25, 0.3) is 0 Å². The maximum absolute atomic E-state index is 5.97. The molecule has 1 aromatic carbocycles. The quantitative estimate of drug-likeness (QED) is 0.817. The number of ether oxygens (including phenoxy) is 1. The first kappa shape index (κ1) is 16.1. The second-order valence-corrected chi connectivity index (χ2v) is 5.82. The normalized spacial score (nSPS) is 12.7. The molecule has 0 N–H and O–H groups in total. The van der Waals surface area contributed by atoms with Gasteiger partial charge in [0.15, 0.2) is 0 Å². The number of rotatable bonds is 6. The highest BCUT2D eigenvalue weighted by molar-refractivity contribution is 6.42. The number of halogens is 2. The highest BCUT2D eigenvalue weighted by Crippen LogP contribution is 2.26. The van der Waals surface area contributed by atoms with Gasteiger partial charge in [0.05, 0.1) is 16.6 Å². The zero-order chi connectivity index (χ0) is 15.4. The van der Waals surface area contributed by atoms with Gasteiger partial charge in [-0.05, 0) is 26.1 Å². The maximum atomic E-state index is 5.97. The van der Waals surface area contributed by atoms with E-state index in [1.165, 1.54) is 0 Å². The lowest BCUT2D eigenvalue weighted by Gasteiger charge is -2.22. The Morgan fingerprint density at radius 1 is 1.33 bits per heavy atom. The van der Waals surface area contributed by atoms with Crippen LogP contribution in [0.2, 0.25) is 10.0 Å². The van der Waals surface area contributed by atoms with Crippen molar-refractivity contribution in [2.24, 2.45) is 7.05 Å². The molecule has 0 fully saturated rings. The van der Waals surface area contributed by atoms with E-state index in [0.717, 1.165) is 12.4 Å². The molecule has 21 heavy (non-hydrogen) atoms. The maximum Gasteiger partial charge on any atom is 0.140 e. The average Bonchev–Trinajstić information content (AvgIpc) is 2.79. The lowest BCUT2D eigenvalue weighted by Crippen LogP contribution is -2.31. The van der Waals surface area contributed by atoms with E-state index >= 15 is 0 Å². The predicted octanol–water partition coefficient (Wildman–Crippen LogP) is 3.02. The molecular formula is C14H18Cl2N4O. The molecule has 0 unspecified atom stereocenters. The van der Waals surface area contributed by atoms with Gasteiger partial charge in [-0.2, -0.15) is 5.10 Å². The molecule has 0 saturated carbocycles. The van der Waals surface area contributed by atoms with Gasteiger partial charge >= 0.3 is 0 Å². The van der Waals surface area contributed by atoms with Crippen LogP contribution in [-0.2, 0) is 13.6 Å². The van der Waals surface area contributed by atoms with Gasteiger partial charge in [0.2, 0.25) is 0 Å². The number of hydrogen-bond acceptors (Lipinski definition) is 4. The topological polar surface area (TPSA) is 43.2 Å². The fourth-order valence-electron chi connectivity index (χ4n) is 2.03. The number of benzene rings is 1. The van der Waals surface area contributed by atoms with Gasteiger partial charge in [-0.3, -0.25) is 9.58 Å². The van der Waals surface area contributed by atoms with Crippen molar-refractivity contribution in [2.75, 3.05) is 13.6 Å². The number of nitrogens with zero attached hydrogens (tertiary/aromatic N) is 4. The van der Waals surface area contributed by atoms with Crippen LogP contribution in [0.15, 0.2) is 24.5 Å². The Balaban J connectivity index is 1.87. The van der Waals surface area contributed by atoms with Crippen LogP contribution in [0.25, 0.3) is 0 Å². The molecule has 2 rings (SSSR count). The molecule has 1 atom stereocenters. The van der Waals surface area contributed by atoms with Gasteiger partial charge in [-0.25, -0.2) is 4.98 Å². The molecule has 0 aliphatic heterocycles. The third kappa shape index (κ3) is 4.59. The second kappa shape index (κ2) is 7.11. The van der Waals surface area contributed by atoms with Crippen molar-refractivity contribution in [1.29, 1.82) is 0 Å². The third-order valence-electron chi connectivity index (χ3n) is 3.01. The Labute approximate surface area is 134 Å². The number of hydrogen-bond donors (Lipinski definition) is 0. The Kier molecular flexibility index (Phi) is 5.45. The molecular weight excluding hydrogens is 311 g/mol. The van der Waals surface area contributed by atoms with E-state index in [1.807, 2.05) is 27.1 Å². The Morgan fingerprint density at radius 3 is 2.71 bits per heavy atom. The number of likely N-dealkylation sites (N-methyl/N-ethyl adjacent to an activating group) is 1. The van der Waals surface area contributed by atoms with Crippen LogP contribution in [0.1, 0.15) is 12.7 Å². The molecule has 0 bridgehead atoms. The van der Waals surface area contributed by atoms with E-state index in [4.69, 9.17) is 27.9 Å². The van der Waals surface area contributed by atoms with E-state index < -0.39 is 0 Å². The van der Waals surface area contributed by atoms with Crippen molar-refractivity contribution in [3.05, 3.63) is 40.4 Å². The molecule has 114 valence electrons. The lowest BCUT2D eigenvalue weighted by atomic mass is 10.3. The van der Waals surface area contributed by atoms with Crippen molar-refractivity contribution >= 4 is 23.2 Å². The van der Waals surface area contributed by atoms with Crippen molar-refractivity contribution in [3.63, 3.8) is 0 Å². The second-order valence-electron chi connectivity index (χ2n) is 5.00. The van der Waals surface area contributed by atoms with Gasteiger partial charge < -0.3 is 4.74 Å². The SMILES string of the molecule is C[C@@H](CN(C)Cc1ncnn1C)Oc1ccc(Cl)c(Cl)c1. The smallest absolute Gasteiger partial charge is 0.140 e. The monoisotopic (exact) mass is 328 g/mol. The first-order valence-electron chi connectivity index (χ1n) is 6.59. The van der Waals surface area contributed by atoms with Crippen molar-refractivity contribution in [2.45, 2.75) is 19.6 Å². The summed E-state index contributed by atoms with van der Waals surface area (Å²) in [7, 11) is 3.90. The van der Waals surface area contributed by atoms with E-state index in [0.29, 0.717) is 22.3 Å². The third-order valence-corrected chi connectivity index (χ3v) is 3.75. The Bertz CT molecular complexity index is 602. The lowest BCUT2D eigenvalue weighted by molar-refractivity contribution is 0.156. The summed E-state index contributed by atoms with van der Waals surface area (Å²) in [6.07, 6.45) is 1.57. The van der Waals surface area contributed by atoms with Crippen molar-refractivity contribution in [3.8, 4) is 5.75 Å². The number of aromatic nitrogens is 3. The van der Waals surface area contributed by atoms with Crippen LogP contribution < -0.4 is 4.74 Å². The van der Waals surface area contributed by atoms with Crippen LogP contribution in [-0.4, -0.2) is 39.4 Å². The molecule has 1 heterocycles. The van der Waals surface area contributed by atoms with E-state index in [2.05, 4.69) is 15.0 Å². The fourth-order valence-corrected chi connectivity index (χ4v) is 2.32. The Hall–Kier alpha value is -1.30. The van der Waals surface area contributed by atoms with E-state index in [1.54, 1.807) is 23.1 Å². The molecule has 0 aliphatic rings. The fraction of sp³-hybridized carbons (Fsp3) is 0.429. The average molecular weight is 329 g/mol. The zero-order valence-electron chi connectivity index (χ0n) is 12.3. The van der Waals surface area contributed by atoms with Crippen LogP contribution in [0.4, 0.5) is 0 Å². The highest BCUT2D eigenvalue weighted by atomic mass is 35.5. The number of aryl methyl sites for hydroxylation is 1. The van der Waals surface area contributed by atoms with Crippen LogP contribution in [0.3, 0.4) is 0 Å². The van der Waals surface area contributed by atoms with E-state index in [-0.39, 0.29) is 6.10 Å². The molecule has 1 aromatic heterocycles. The molecule has 0 aliphatic carbocycles. The minimum absolute atomic E-state index is 0.0143. The van der Waals surface area contributed by atoms with Gasteiger partial charge in [0, 0.05) is 19.7 Å². The Morgan fingerprint density at radius 2 is 2.10 bits per heavy atom. The van der Waals surface area contributed by atoms with Crippen LogP contribution in [0.5, 0.6) is 5.75 Å². The van der Waals surface area contributed by atoms with Crippen molar-refractivity contribution < 1.29 is 4.74 Å². The minimum Gasteiger partial charge on any atom is -0.489 e. The summed E-state index contributed by atoms with van der Waals surface area (Å²) >= 11 is 11.9. The molecule has 0 amide bonds. The van der Waals surface area contributed by atoms with Gasteiger partial charge in [-0.15, -0.1) is 0 Å². The van der Waals surface area contributed by atoms with Gasteiger partial charge in [-0.1, -0.05) is 23.2 Å². The molecule has 7 heteroatoms. The van der Waals surface area contributed by atoms with E-state index in [9.17, 15) is 0 Å². The summed E-state index contributed by atoms with van der Waals surface area (Å²) in [4.78, 5) is 6.34. The minimum atomic E-state index is 0.0143. The molecule has 0 radical (unpaired) electrons.